The van der Waals surface area contributed by atoms with Gasteiger partial charge in [-0.05, 0) is 25.7 Å². The van der Waals surface area contributed by atoms with Gasteiger partial charge in [0.15, 0.2) is 0 Å². The molecule has 2 rings (SSSR count). The van der Waals surface area contributed by atoms with E-state index in [0.29, 0.717) is 6.04 Å². The van der Waals surface area contributed by atoms with Crippen molar-refractivity contribution in [1.29, 1.82) is 0 Å². The van der Waals surface area contributed by atoms with E-state index in [9.17, 15) is 4.79 Å². The van der Waals surface area contributed by atoms with Gasteiger partial charge in [-0.2, -0.15) is 0 Å². The Kier molecular flexibility index (Phi) is 1.83. The molecule has 1 saturated carbocycles. The summed E-state index contributed by atoms with van der Waals surface area (Å²) in [6.07, 6.45) is 3.81. The summed E-state index contributed by atoms with van der Waals surface area (Å²) in [4.78, 5) is 12.8. The van der Waals surface area contributed by atoms with Crippen LogP contribution < -0.4 is 0 Å². The van der Waals surface area contributed by atoms with E-state index in [-0.39, 0.29) is 6.04 Å². The molecule has 1 aliphatic carbocycles. The monoisotopic (exact) mass is 169 g/mol. The van der Waals surface area contributed by atoms with Crippen LogP contribution in [0.15, 0.2) is 0 Å². The van der Waals surface area contributed by atoms with Gasteiger partial charge in [0, 0.05) is 12.6 Å². The number of fused-ring (bicyclic) bond motifs is 1. The molecule has 1 saturated heterocycles. The van der Waals surface area contributed by atoms with E-state index < -0.39 is 5.97 Å². The fourth-order valence-electron chi connectivity index (χ4n) is 2.52. The normalized spacial score (nSPS) is 37.1. The van der Waals surface area contributed by atoms with Gasteiger partial charge in [0.2, 0.25) is 0 Å². The zero-order valence-corrected chi connectivity index (χ0v) is 7.36. The molecule has 3 unspecified atom stereocenters. The van der Waals surface area contributed by atoms with Gasteiger partial charge in [0.1, 0.15) is 6.04 Å². The summed E-state index contributed by atoms with van der Waals surface area (Å²) in [6, 6.07) is 0.320. The Morgan fingerprint density at radius 3 is 2.92 bits per heavy atom. The molecule has 2 aliphatic rings. The molecule has 3 atom stereocenters. The Bertz CT molecular complexity index is 205. The topological polar surface area (TPSA) is 40.5 Å². The lowest BCUT2D eigenvalue weighted by molar-refractivity contribution is -0.147. The second-order valence-corrected chi connectivity index (χ2v) is 3.97. The van der Waals surface area contributed by atoms with Gasteiger partial charge in [-0.25, -0.2) is 0 Å². The molecule has 1 N–H and O–H groups in total. The van der Waals surface area contributed by atoms with Crippen LogP contribution in [0.3, 0.4) is 0 Å². The van der Waals surface area contributed by atoms with Gasteiger partial charge in [0.05, 0.1) is 0 Å². The van der Waals surface area contributed by atoms with Crippen molar-refractivity contribution in [1.82, 2.24) is 4.90 Å². The molecule has 0 bridgehead atoms. The molecule has 0 aromatic rings. The first-order chi connectivity index (χ1) is 5.70. The highest BCUT2D eigenvalue weighted by molar-refractivity contribution is 5.73. The summed E-state index contributed by atoms with van der Waals surface area (Å²) < 4.78 is 0. The second kappa shape index (κ2) is 2.73. The van der Waals surface area contributed by atoms with E-state index in [0.717, 1.165) is 12.5 Å². The van der Waals surface area contributed by atoms with Gasteiger partial charge in [0.25, 0.3) is 0 Å². The maximum atomic E-state index is 10.7. The van der Waals surface area contributed by atoms with E-state index in [4.69, 9.17) is 5.11 Å². The van der Waals surface area contributed by atoms with E-state index >= 15 is 0 Å². The highest BCUT2D eigenvalue weighted by Gasteiger charge is 2.45. The van der Waals surface area contributed by atoms with Crippen LogP contribution in [0, 0.1) is 5.92 Å². The van der Waals surface area contributed by atoms with Crippen molar-refractivity contribution in [2.45, 2.75) is 38.3 Å². The molecule has 1 heterocycles. The summed E-state index contributed by atoms with van der Waals surface area (Å²) in [7, 11) is 0. The first kappa shape index (κ1) is 8.05. The number of carbonyl (C=O) groups is 1. The maximum absolute atomic E-state index is 10.7. The zero-order valence-electron chi connectivity index (χ0n) is 7.36. The van der Waals surface area contributed by atoms with Crippen molar-refractivity contribution >= 4 is 5.97 Å². The molecular formula is C9H15NO2. The number of rotatable bonds is 2. The lowest BCUT2D eigenvalue weighted by Gasteiger charge is -2.46. The van der Waals surface area contributed by atoms with Gasteiger partial charge in [-0.1, -0.05) is 6.42 Å². The highest BCUT2D eigenvalue weighted by atomic mass is 16.4. The average Bonchev–Trinajstić information content (AvgIpc) is 2.32. The average molecular weight is 169 g/mol. The molecule has 0 radical (unpaired) electrons. The lowest BCUT2D eigenvalue weighted by Crippen LogP contribution is -2.58. The molecule has 12 heavy (non-hydrogen) atoms. The molecule has 2 fully saturated rings. The van der Waals surface area contributed by atoms with Crippen LogP contribution >= 0.6 is 0 Å². The Balaban J connectivity index is 1.95. The van der Waals surface area contributed by atoms with Crippen LogP contribution in [0.2, 0.25) is 0 Å². The SMILES string of the molecule is CC(C(=O)O)N1CC2CCCC21. The Morgan fingerprint density at radius 2 is 2.33 bits per heavy atom. The van der Waals surface area contributed by atoms with Crippen LogP contribution in [-0.4, -0.2) is 34.6 Å². The third kappa shape index (κ3) is 1.04. The second-order valence-electron chi connectivity index (χ2n) is 3.97. The summed E-state index contributed by atoms with van der Waals surface area (Å²) in [5.41, 5.74) is 0. The van der Waals surface area contributed by atoms with Crippen LogP contribution in [0.4, 0.5) is 0 Å². The number of hydrogen-bond donors (Lipinski definition) is 1. The first-order valence-electron chi connectivity index (χ1n) is 4.68. The van der Waals surface area contributed by atoms with E-state index in [1.165, 1.54) is 19.3 Å². The molecule has 68 valence electrons. The zero-order chi connectivity index (χ0) is 8.72. The predicted octanol–water partition coefficient (Wildman–Crippen LogP) is 0.944. The summed E-state index contributed by atoms with van der Waals surface area (Å²) in [5.74, 6) is 0.132. The molecule has 0 spiro atoms. The number of carboxylic acids is 1. The standard InChI is InChI=1S/C9H15NO2/c1-6(9(11)12)10-5-7-3-2-4-8(7)10/h6-8H,2-5H2,1H3,(H,11,12). The van der Waals surface area contributed by atoms with Crippen LogP contribution in [-0.2, 0) is 4.79 Å². The summed E-state index contributed by atoms with van der Waals surface area (Å²) in [6.45, 7) is 2.80. The number of carboxylic acid groups (broad SMARTS) is 1. The molecule has 3 heteroatoms. The van der Waals surface area contributed by atoms with Crippen molar-refractivity contribution in [3.8, 4) is 0 Å². The fourth-order valence-corrected chi connectivity index (χ4v) is 2.52. The van der Waals surface area contributed by atoms with Gasteiger partial charge >= 0.3 is 5.97 Å². The smallest absolute Gasteiger partial charge is 0.320 e. The fraction of sp³-hybridized carbons (Fsp3) is 0.889. The Hall–Kier alpha value is -0.570. The number of hydrogen-bond acceptors (Lipinski definition) is 2. The molecular weight excluding hydrogens is 154 g/mol. The third-order valence-corrected chi connectivity index (χ3v) is 3.35. The number of nitrogens with zero attached hydrogens (tertiary/aromatic N) is 1. The minimum atomic E-state index is -0.680. The molecule has 0 aromatic carbocycles. The highest BCUT2D eigenvalue weighted by Crippen LogP contribution is 2.39. The van der Waals surface area contributed by atoms with E-state index in [2.05, 4.69) is 4.90 Å². The van der Waals surface area contributed by atoms with Crippen LogP contribution in [0.5, 0.6) is 0 Å². The molecule has 0 amide bonds. The maximum Gasteiger partial charge on any atom is 0.320 e. The molecule has 0 aromatic heterocycles. The minimum absolute atomic E-state index is 0.274. The third-order valence-electron chi connectivity index (χ3n) is 3.35. The quantitative estimate of drug-likeness (QED) is 0.669. The van der Waals surface area contributed by atoms with Crippen LogP contribution in [0.25, 0.3) is 0 Å². The molecule has 3 nitrogen and oxygen atoms in total. The van der Waals surface area contributed by atoms with Crippen molar-refractivity contribution < 1.29 is 9.90 Å². The lowest BCUT2D eigenvalue weighted by atomic mass is 9.90. The predicted molar refractivity (Wildman–Crippen MR) is 44.9 cm³/mol. The van der Waals surface area contributed by atoms with Crippen molar-refractivity contribution in [2.75, 3.05) is 6.54 Å². The Morgan fingerprint density at radius 1 is 1.58 bits per heavy atom. The van der Waals surface area contributed by atoms with E-state index in [1.807, 2.05) is 0 Å². The van der Waals surface area contributed by atoms with E-state index in [1.54, 1.807) is 6.92 Å². The van der Waals surface area contributed by atoms with Crippen molar-refractivity contribution in [3.63, 3.8) is 0 Å². The molecule has 1 aliphatic heterocycles. The van der Waals surface area contributed by atoms with Crippen LogP contribution in [0.1, 0.15) is 26.2 Å². The van der Waals surface area contributed by atoms with Gasteiger partial charge < -0.3 is 5.11 Å². The number of likely N-dealkylation sites (tertiary alicyclic amines) is 1. The minimum Gasteiger partial charge on any atom is -0.480 e. The summed E-state index contributed by atoms with van der Waals surface area (Å²) >= 11 is 0. The van der Waals surface area contributed by atoms with Gasteiger partial charge in [-0.3, -0.25) is 9.69 Å². The summed E-state index contributed by atoms with van der Waals surface area (Å²) in [5, 5.41) is 8.80. The Labute approximate surface area is 72.4 Å². The van der Waals surface area contributed by atoms with Crippen molar-refractivity contribution in [3.05, 3.63) is 0 Å². The van der Waals surface area contributed by atoms with Gasteiger partial charge in [-0.15, -0.1) is 0 Å². The number of aliphatic carboxylic acids is 1. The van der Waals surface area contributed by atoms with Crippen molar-refractivity contribution in [2.24, 2.45) is 5.92 Å². The first-order valence-corrected chi connectivity index (χ1v) is 4.68. The largest absolute Gasteiger partial charge is 0.480 e.